The molecule has 0 saturated carbocycles. The molecule has 0 unspecified atom stereocenters. The molecule has 1 heterocycles. The molecule has 1 rings (SSSR count). The molecular formula is C13H18N2O4S2. The first-order valence-electron chi connectivity index (χ1n) is 6.08. The van der Waals surface area contributed by atoms with E-state index in [-0.39, 0.29) is 19.1 Å². The molecule has 0 aliphatic carbocycles. The van der Waals surface area contributed by atoms with Crippen LogP contribution in [0.3, 0.4) is 0 Å². The molecule has 8 heteroatoms. The van der Waals surface area contributed by atoms with E-state index < -0.39 is 15.6 Å². The standard InChI is InChI=1S/C13H18N2O4S2/c1-13(2,15-21(3,18)19)9-14-12(17)10-7-11(20-8-10)5-4-6-16/h7-8,15-16H,6,9H2,1-3H3,(H,14,17). The molecule has 0 saturated heterocycles. The lowest BCUT2D eigenvalue weighted by Crippen LogP contribution is -2.50. The molecule has 3 N–H and O–H groups in total. The SMILES string of the molecule is CC(C)(CNC(=O)c1csc(C#CCO)c1)NS(C)(=O)=O. The predicted molar refractivity (Wildman–Crippen MR) is 82.7 cm³/mol. The van der Waals surface area contributed by atoms with Gasteiger partial charge in [-0.15, -0.1) is 11.3 Å². The smallest absolute Gasteiger partial charge is 0.252 e. The van der Waals surface area contributed by atoms with E-state index in [4.69, 9.17) is 5.11 Å². The summed E-state index contributed by atoms with van der Waals surface area (Å²) in [5, 5.41) is 12.9. The number of thiophene rings is 1. The van der Waals surface area contributed by atoms with E-state index in [2.05, 4.69) is 21.9 Å². The highest BCUT2D eigenvalue weighted by atomic mass is 32.2. The third-order valence-electron chi connectivity index (χ3n) is 2.30. The van der Waals surface area contributed by atoms with Crippen molar-refractivity contribution >= 4 is 27.3 Å². The summed E-state index contributed by atoms with van der Waals surface area (Å²) in [5.41, 5.74) is -0.323. The van der Waals surface area contributed by atoms with E-state index in [1.165, 1.54) is 11.3 Å². The minimum Gasteiger partial charge on any atom is -0.384 e. The number of nitrogens with one attached hydrogen (secondary N) is 2. The Morgan fingerprint density at radius 3 is 2.71 bits per heavy atom. The van der Waals surface area contributed by atoms with E-state index in [1.807, 2.05) is 0 Å². The van der Waals surface area contributed by atoms with Crippen molar-refractivity contribution in [2.24, 2.45) is 0 Å². The monoisotopic (exact) mass is 330 g/mol. The van der Waals surface area contributed by atoms with Crippen LogP contribution in [0.15, 0.2) is 11.4 Å². The highest BCUT2D eigenvalue weighted by Crippen LogP contribution is 2.13. The highest BCUT2D eigenvalue weighted by Gasteiger charge is 2.23. The summed E-state index contributed by atoms with van der Waals surface area (Å²) in [6.07, 6.45) is 1.07. The number of carbonyl (C=O) groups excluding carboxylic acids is 1. The second-order valence-corrected chi connectivity index (χ2v) is 7.76. The highest BCUT2D eigenvalue weighted by molar-refractivity contribution is 7.88. The van der Waals surface area contributed by atoms with Crippen molar-refractivity contribution in [2.45, 2.75) is 19.4 Å². The first-order chi connectivity index (χ1) is 9.63. The normalized spacial score (nSPS) is 11.6. The summed E-state index contributed by atoms with van der Waals surface area (Å²) in [6.45, 7) is 3.29. The quantitative estimate of drug-likeness (QED) is 0.670. The molecule has 1 aromatic heterocycles. The molecule has 1 amide bonds. The van der Waals surface area contributed by atoms with Gasteiger partial charge in [-0.2, -0.15) is 0 Å². The van der Waals surface area contributed by atoms with Crippen molar-refractivity contribution in [1.82, 2.24) is 10.0 Å². The van der Waals surface area contributed by atoms with Crippen LogP contribution in [0.25, 0.3) is 0 Å². The topological polar surface area (TPSA) is 95.5 Å². The van der Waals surface area contributed by atoms with Crippen LogP contribution in [-0.2, 0) is 10.0 Å². The lowest BCUT2D eigenvalue weighted by molar-refractivity contribution is 0.0945. The van der Waals surface area contributed by atoms with E-state index in [0.29, 0.717) is 10.4 Å². The van der Waals surface area contributed by atoms with E-state index >= 15 is 0 Å². The van der Waals surface area contributed by atoms with Crippen molar-refractivity contribution in [3.05, 3.63) is 21.9 Å². The summed E-state index contributed by atoms with van der Waals surface area (Å²) in [5.74, 6) is 4.93. The molecule has 0 aliphatic heterocycles. The third-order valence-corrected chi connectivity index (χ3v) is 4.07. The van der Waals surface area contributed by atoms with Gasteiger partial charge in [-0.05, 0) is 19.9 Å². The number of amides is 1. The van der Waals surface area contributed by atoms with Crippen molar-refractivity contribution in [3.8, 4) is 11.8 Å². The van der Waals surface area contributed by atoms with Crippen LogP contribution in [0, 0.1) is 11.8 Å². The van der Waals surface area contributed by atoms with Gasteiger partial charge in [-0.25, -0.2) is 13.1 Å². The van der Waals surface area contributed by atoms with Crippen molar-refractivity contribution in [3.63, 3.8) is 0 Å². The summed E-state index contributed by atoms with van der Waals surface area (Å²) in [6, 6.07) is 1.62. The van der Waals surface area contributed by atoms with Crippen LogP contribution in [0.4, 0.5) is 0 Å². The number of sulfonamides is 1. The van der Waals surface area contributed by atoms with Gasteiger partial charge in [0.05, 0.1) is 16.7 Å². The Morgan fingerprint density at radius 2 is 2.14 bits per heavy atom. The van der Waals surface area contributed by atoms with Gasteiger partial charge in [0.2, 0.25) is 10.0 Å². The van der Waals surface area contributed by atoms with Crippen LogP contribution in [0.1, 0.15) is 29.1 Å². The Hall–Kier alpha value is -1.40. The van der Waals surface area contributed by atoms with Crippen LogP contribution in [0.5, 0.6) is 0 Å². The molecule has 6 nitrogen and oxygen atoms in total. The zero-order valence-electron chi connectivity index (χ0n) is 12.1. The third kappa shape index (κ3) is 6.73. The number of hydrogen-bond donors (Lipinski definition) is 3. The number of hydrogen-bond acceptors (Lipinski definition) is 5. The molecule has 116 valence electrons. The average Bonchev–Trinajstić information content (AvgIpc) is 2.79. The van der Waals surface area contributed by atoms with Crippen molar-refractivity contribution < 1.29 is 18.3 Å². The largest absolute Gasteiger partial charge is 0.384 e. The van der Waals surface area contributed by atoms with Gasteiger partial charge in [0.15, 0.2) is 0 Å². The minimum atomic E-state index is -3.34. The van der Waals surface area contributed by atoms with Gasteiger partial charge < -0.3 is 10.4 Å². The maximum absolute atomic E-state index is 12.0. The maximum Gasteiger partial charge on any atom is 0.252 e. The Balaban J connectivity index is 2.63. The zero-order chi connectivity index (χ0) is 16.1. The van der Waals surface area contributed by atoms with Crippen LogP contribution in [-0.4, -0.2) is 44.4 Å². The Kier molecular flexibility index (Phi) is 5.92. The summed E-state index contributed by atoms with van der Waals surface area (Å²) < 4.78 is 24.9. The molecule has 0 spiro atoms. The lowest BCUT2D eigenvalue weighted by atomic mass is 10.1. The Bertz CT molecular complexity index is 666. The van der Waals surface area contributed by atoms with Crippen LogP contribution in [0.2, 0.25) is 0 Å². The van der Waals surface area contributed by atoms with Gasteiger partial charge in [0, 0.05) is 17.5 Å². The minimum absolute atomic E-state index is 0.159. The van der Waals surface area contributed by atoms with Gasteiger partial charge >= 0.3 is 0 Å². The van der Waals surface area contributed by atoms with E-state index in [9.17, 15) is 13.2 Å². The van der Waals surface area contributed by atoms with Gasteiger partial charge in [0.1, 0.15) is 6.61 Å². The van der Waals surface area contributed by atoms with Crippen LogP contribution < -0.4 is 10.0 Å². The molecule has 0 fully saturated rings. The molecule has 0 aliphatic rings. The molecule has 21 heavy (non-hydrogen) atoms. The fraction of sp³-hybridized carbons (Fsp3) is 0.462. The number of aliphatic hydroxyl groups excluding tert-OH is 1. The molecule has 0 aromatic carbocycles. The fourth-order valence-electron chi connectivity index (χ4n) is 1.59. The molecule has 0 bridgehead atoms. The first-order valence-corrected chi connectivity index (χ1v) is 8.85. The van der Waals surface area contributed by atoms with Gasteiger partial charge in [-0.1, -0.05) is 11.8 Å². The second-order valence-electron chi connectivity index (χ2n) is 5.10. The summed E-state index contributed by atoms with van der Waals surface area (Å²) >= 11 is 1.30. The predicted octanol–water partition coefficient (Wildman–Crippen LogP) is 0.150. The fourth-order valence-corrected chi connectivity index (χ4v) is 3.42. The average molecular weight is 330 g/mol. The molecule has 0 atom stereocenters. The Labute approximate surface area is 128 Å². The van der Waals surface area contributed by atoms with Crippen molar-refractivity contribution in [1.29, 1.82) is 0 Å². The zero-order valence-corrected chi connectivity index (χ0v) is 13.7. The maximum atomic E-state index is 12.0. The number of aliphatic hydroxyl groups is 1. The van der Waals surface area contributed by atoms with Gasteiger partial charge in [-0.3, -0.25) is 4.79 Å². The Morgan fingerprint density at radius 1 is 1.48 bits per heavy atom. The number of rotatable bonds is 5. The van der Waals surface area contributed by atoms with E-state index in [1.54, 1.807) is 25.3 Å². The molecule has 1 aromatic rings. The van der Waals surface area contributed by atoms with Crippen LogP contribution >= 0.6 is 11.3 Å². The first kappa shape index (κ1) is 17.7. The summed E-state index contributed by atoms with van der Waals surface area (Å²) in [4.78, 5) is 12.6. The second kappa shape index (κ2) is 7.04. The van der Waals surface area contributed by atoms with Gasteiger partial charge in [0.25, 0.3) is 5.91 Å². The number of carbonyl (C=O) groups is 1. The van der Waals surface area contributed by atoms with Crippen molar-refractivity contribution in [2.75, 3.05) is 19.4 Å². The molecule has 0 radical (unpaired) electrons. The van der Waals surface area contributed by atoms with E-state index in [0.717, 1.165) is 6.26 Å². The summed E-state index contributed by atoms with van der Waals surface area (Å²) in [7, 11) is -3.34. The molecular weight excluding hydrogens is 312 g/mol. The lowest BCUT2D eigenvalue weighted by Gasteiger charge is -2.25.